The number of nitrogens with zero attached hydrogens (tertiary/aromatic N) is 2. The summed E-state index contributed by atoms with van der Waals surface area (Å²) in [6.07, 6.45) is 0.697. The molecule has 0 spiro atoms. The first kappa shape index (κ1) is 25.0. The van der Waals surface area contributed by atoms with Gasteiger partial charge >= 0.3 is 0 Å². The molecular weight excluding hydrogens is 485 g/mol. The maximum atomic E-state index is 15.7. The standard InChI is InChI=1S/C29H28FN5O3/c1-16-8-11-22-18(14-16)12-13-35-28(33-22)24(27(31)36)26(34-35)21-10-9-19(17(2)25(21)30)15-32-29(37)20-6-4-5-7-23(20)38-3/h4-11,14,33H,12-13,15H2,1-3H3,(H2,31,36)(H,32,37). The zero-order chi connectivity index (χ0) is 27.0. The maximum absolute atomic E-state index is 15.7. The molecule has 0 unspecified atom stereocenters. The van der Waals surface area contributed by atoms with Crippen LogP contribution in [-0.2, 0) is 19.5 Å². The monoisotopic (exact) mass is 513 g/mol. The van der Waals surface area contributed by atoms with E-state index in [9.17, 15) is 9.59 Å². The molecule has 0 radical (unpaired) electrons. The molecule has 0 atom stereocenters. The molecular formula is C29H28FN5O3. The number of ether oxygens (including phenoxy) is 1. The second-order valence-corrected chi connectivity index (χ2v) is 9.29. The average molecular weight is 514 g/mol. The Labute approximate surface area is 219 Å². The first-order valence-corrected chi connectivity index (χ1v) is 12.2. The summed E-state index contributed by atoms with van der Waals surface area (Å²) in [4.78, 5) is 25.3. The van der Waals surface area contributed by atoms with Crippen molar-refractivity contribution in [1.29, 1.82) is 0 Å². The van der Waals surface area contributed by atoms with E-state index in [1.807, 2.05) is 19.1 Å². The molecule has 0 bridgehead atoms. The van der Waals surface area contributed by atoms with Gasteiger partial charge in [0.05, 0.1) is 12.7 Å². The van der Waals surface area contributed by atoms with Crippen molar-refractivity contribution >= 4 is 23.3 Å². The first-order valence-electron chi connectivity index (χ1n) is 12.2. The fraction of sp³-hybridized carbons (Fsp3) is 0.207. The van der Waals surface area contributed by atoms with E-state index in [1.165, 1.54) is 7.11 Å². The molecule has 2 amide bonds. The van der Waals surface area contributed by atoms with E-state index >= 15 is 4.39 Å². The number of aromatic nitrogens is 2. The van der Waals surface area contributed by atoms with Crippen molar-refractivity contribution in [2.45, 2.75) is 33.4 Å². The van der Waals surface area contributed by atoms with Crippen LogP contribution in [0.2, 0.25) is 0 Å². The lowest BCUT2D eigenvalue weighted by Gasteiger charge is -2.13. The SMILES string of the molecule is COc1ccccc1C(=O)NCc1ccc(-c2nn3c(c2C(N)=O)Nc2ccc(C)cc2CC3)c(F)c1C. The van der Waals surface area contributed by atoms with E-state index in [-0.39, 0.29) is 29.3 Å². The predicted molar refractivity (Wildman–Crippen MR) is 143 cm³/mol. The van der Waals surface area contributed by atoms with E-state index < -0.39 is 11.7 Å². The minimum Gasteiger partial charge on any atom is -0.496 e. The molecule has 0 saturated carbocycles. The van der Waals surface area contributed by atoms with Gasteiger partial charge in [-0.25, -0.2) is 9.07 Å². The van der Waals surface area contributed by atoms with E-state index in [1.54, 1.807) is 48.0 Å². The number of halogens is 1. The summed E-state index contributed by atoms with van der Waals surface area (Å²) in [6.45, 7) is 4.27. The van der Waals surface area contributed by atoms with Gasteiger partial charge in [0, 0.05) is 24.3 Å². The zero-order valence-electron chi connectivity index (χ0n) is 21.4. The number of hydrogen-bond acceptors (Lipinski definition) is 5. The molecule has 3 aromatic carbocycles. The number of rotatable bonds is 6. The Morgan fingerprint density at radius 1 is 1.16 bits per heavy atom. The van der Waals surface area contributed by atoms with Crippen molar-refractivity contribution in [1.82, 2.24) is 15.1 Å². The number of nitrogens with two attached hydrogens (primary N) is 1. The van der Waals surface area contributed by atoms with Crippen LogP contribution in [-0.4, -0.2) is 28.7 Å². The Bertz CT molecular complexity index is 1580. The lowest BCUT2D eigenvalue weighted by atomic mass is 9.99. The van der Waals surface area contributed by atoms with Crippen LogP contribution in [0.1, 0.15) is 43.0 Å². The summed E-state index contributed by atoms with van der Waals surface area (Å²) in [5.41, 5.74) is 10.7. The quantitative estimate of drug-likeness (QED) is 0.348. The number of methoxy groups -OCH3 is 1. The van der Waals surface area contributed by atoms with Gasteiger partial charge in [-0.15, -0.1) is 0 Å². The molecule has 0 saturated heterocycles. The Kier molecular flexibility index (Phi) is 6.59. The van der Waals surface area contributed by atoms with Gasteiger partial charge in [-0.1, -0.05) is 35.9 Å². The number of anilines is 2. The first-order chi connectivity index (χ1) is 18.3. The molecule has 5 rings (SSSR count). The van der Waals surface area contributed by atoms with Crippen LogP contribution >= 0.6 is 0 Å². The van der Waals surface area contributed by atoms with Crippen LogP contribution in [0.5, 0.6) is 5.75 Å². The highest BCUT2D eigenvalue weighted by Crippen LogP contribution is 2.36. The zero-order valence-corrected chi connectivity index (χ0v) is 21.4. The number of nitrogens with one attached hydrogen (secondary N) is 2. The number of para-hydroxylation sites is 1. The summed E-state index contributed by atoms with van der Waals surface area (Å²) < 4.78 is 22.6. The van der Waals surface area contributed by atoms with Crippen molar-refractivity contribution in [3.05, 3.63) is 93.8 Å². The van der Waals surface area contributed by atoms with Gasteiger partial charge in [0.15, 0.2) is 0 Å². The van der Waals surface area contributed by atoms with Crippen molar-refractivity contribution in [2.75, 3.05) is 12.4 Å². The third-order valence-electron chi connectivity index (χ3n) is 6.85. The number of carbonyl (C=O) groups excluding carboxylic acids is 2. The number of fused-ring (bicyclic) bond motifs is 2. The molecule has 4 aromatic rings. The summed E-state index contributed by atoms with van der Waals surface area (Å²) in [6, 6.07) is 16.2. The van der Waals surface area contributed by atoms with Gasteiger partial charge in [-0.2, -0.15) is 5.10 Å². The second-order valence-electron chi connectivity index (χ2n) is 9.29. The predicted octanol–water partition coefficient (Wildman–Crippen LogP) is 4.64. The third kappa shape index (κ3) is 4.47. The Morgan fingerprint density at radius 2 is 1.95 bits per heavy atom. The number of carbonyl (C=O) groups is 2. The molecule has 1 aliphatic rings. The van der Waals surface area contributed by atoms with Crippen LogP contribution in [0.25, 0.3) is 11.3 Å². The molecule has 9 heteroatoms. The number of amides is 2. The lowest BCUT2D eigenvalue weighted by Crippen LogP contribution is -2.24. The van der Waals surface area contributed by atoms with E-state index in [0.29, 0.717) is 41.2 Å². The Morgan fingerprint density at radius 3 is 2.71 bits per heavy atom. The van der Waals surface area contributed by atoms with E-state index in [4.69, 9.17) is 10.5 Å². The normalized spacial score (nSPS) is 12.1. The van der Waals surface area contributed by atoms with E-state index in [2.05, 4.69) is 21.8 Å². The van der Waals surface area contributed by atoms with Crippen LogP contribution < -0.4 is 21.1 Å². The topological polar surface area (TPSA) is 111 Å². The largest absolute Gasteiger partial charge is 0.496 e. The summed E-state index contributed by atoms with van der Waals surface area (Å²) in [5, 5.41) is 10.7. The van der Waals surface area contributed by atoms with Crippen LogP contribution in [0, 0.1) is 19.7 Å². The number of hydrogen-bond donors (Lipinski definition) is 3. The Hall–Kier alpha value is -4.66. The van der Waals surface area contributed by atoms with Crippen molar-refractivity contribution in [2.24, 2.45) is 5.73 Å². The van der Waals surface area contributed by atoms with Gasteiger partial charge in [-0.05, 0) is 61.2 Å². The summed E-state index contributed by atoms with van der Waals surface area (Å²) in [7, 11) is 1.50. The van der Waals surface area contributed by atoms with E-state index in [0.717, 1.165) is 16.8 Å². The van der Waals surface area contributed by atoms with Gasteiger partial charge in [0.25, 0.3) is 11.8 Å². The Balaban J connectivity index is 1.46. The third-order valence-corrected chi connectivity index (χ3v) is 6.85. The minimum atomic E-state index is -0.700. The molecule has 1 aliphatic heterocycles. The molecule has 0 fully saturated rings. The highest BCUT2D eigenvalue weighted by atomic mass is 19.1. The highest BCUT2D eigenvalue weighted by molar-refractivity contribution is 6.04. The molecule has 194 valence electrons. The van der Waals surface area contributed by atoms with Crippen molar-refractivity contribution in [3.63, 3.8) is 0 Å². The summed E-state index contributed by atoms with van der Waals surface area (Å²) >= 11 is 0. The molecule has 38 heavy (non-hydrogen) atoms. The van der Waals surface area contributed by atoms with Gasteiger partial charge < -0.3 is 21.1 Å². The number of aryl methyl sites for hydroxylation is 3. The molecule has 0 aliphatic carbocycles. The summed E-state index contributed by atoms with van der Waals surface area (Å²) in [5.74, 6) is -0.662. The fourth-order valence-corrected chi connectivity index (χ4v) is 4.78. The molecule has 4 N–H and O–H groups in total. The van der Waals surface area contributed by atoms with Crippen molar-refractivity contribution in [3.8, 4) is 17.0 Å². The lowest BCUT2D eigenvalue weighted by molar-refractivity contribution is 0.0946. The van der Waals surface area contributed by atoms with Gasteiger partial charge in [0.1, 0.15) is 28.6 Å². The van der Waals surface area contributed by atoms with Gasteiger partial charge in [0.2, 0.25) is 0 Å². The second kappa shape index (κ2) is 10.0. The number of benzene rings is 3. The van der Waals surface area contributed by atoms with Crippen LogP contribution in [0.4, 0.5) is 15.9 Å². The van der Waals surface area contributed by atoms with Crippen LogP contribution in [0.15, 0.2) is 54.6 Å². The van der Waals surface area contributed by atoms with Crippen LogP contribution in [0.3, 0.4) is 0 Å². The smallest absolute Gasteiger partial charge is 0.255 e. The molecule has 1 aromatic heterocycles. The molecule has 8 nitrogen and oxygen atoms in total. The van der Waals surface area contributed by atoms with Crippen molar-refractivity contribution < 1.29 is 18.7 Å². The maximum Gasteiger partial charge on any atom is 0.255 e. The highest BCUT2D eigenvalue weighted by Gasteiger charge is 2.28. The average Bonchev–Trinajstić information content (AvgIpc) is 3.17. The fourth-order valence-electron chi connectivity index (χ4n) is 4.78. The number of primary amides is 1. The van der Waals surface area contributed by atoms with Gasteiger partial charge in [-0.3, -0.25) is 9.59 Å². The minimum absolute atomic E-state index is 0.111. The molecule has 2 heterocycles.